The molecule has 0 heterocycles. The predicted octanol–water partition coefficient (Wildman–Crippen LogP) is 5.47. The van der Waals surface area contributed by atoms with E-state index in [1.54, 1.807) is 6.92 Å². The Morgan fingerprint density at radius 1 is 0.792 bits per heavy atom. The average Bonchev–Trinajstić information content (AvgIpc) is 2.59. The van der Waals surface area contributed by atoms with Crippen molar-refractivity contribution in [3.05, 3.63) is 59.9 Å². The number of ether oxygens (including phenoxy) is 2. The van der Waals surface area contributed by atoms with E-state index < -0.39 is 23.3 Å². The van der Waals surface area contributed by atoms with Crippen LogP contribution in [-0.4, -0.2) is 7.11 Å². The summed E-state index contributed by atoms with van der Waals surface area (Å²) in [5.41, 5.74) is 0. The van der Waals surface area contributed by atoms with Gasteiger partial charge in [0.2, 0.25) is 11.6 Å². The molecule has 0 atom stereocenters. The van der Waals surface area contributed by atoms with Gasteiger partial charge in [-0.05, 0) is 29.8 Å². The molecule has 6 heteroatoms. The molecule has 0 aliphatic heterocycles. The topological polar surface area (TPSA) is 18.5 Å². The second-order valence-corrected chi connectivity index (χ2v) is 5.06. The Labute approximate surface area is 134 Å². The number of methoxy groups -OCH3 is 1. The second kappa shape index (κ2) is 6.03. The van der Waals surface area contributed by atoms with Crippen molar-refractivity contribution in [2.75, 3.05) is 7.11 Å². The van der Waals surface area contributed by atoms with E-state index in [9.17, 15) is 17.6 Å². The van der Waals surface area contributed by atoms with Crippen LogP contribution in [0.25, 0.3) is 21.5 Å². The molecule has 3 aromatic rings. The van der Waals surface area contributed by atoms with E-state index in [2.05, 4.69) is 0 Å². The summed E-state index contributed by atoms with van der Waals surface area (Å²) in [6, 6.07) is 5.41. The largest absolute Gasteiger partial charge is 0.494 e. The third-order valence-electron chi connectivity index (χ3n) is 3.65. The smallest absolute Gasteiger partial charge is 0.201 e. The molecule has 0 unspecified atom stereocenters. The lowest BCUT2D eigenvalue weighted by Gasteiger charge is -2.12. The summed E-state index contributed by atoms with van der Waals surface area (Å²) < 4.78 is 66.8. The van der Waals surface area contributed by atoms with Crippen LogP contribution < -0.4 is 9.47 Å². The maximum absolute atomic E-state index is 14.5. The fourth-order valence-corrected chi connectivity index (χ4v) is 2.57. The maximum Gasteiger partial charge on any atom is 0.201 e. The molecule has 3 aromatic carbocycles. The lowest BCUT2D eigenvalue weighted by atomic mass is 10.00. The van der Waals surface area contributed by atoms with Crippen LogP contribution in [0, 0.1) is 23.3 Å². The van der Waals surface area contributed by atoms with E-state index in [0.717, 1.165) is 0 Å². The van der Waals surface area contributed by atoms with Gasteiger partial charge >= 0.3 is 0 Å². The van der Waals surface area contributed by atoms with Gasteiger partial charge in [0, 0.05) is 10.8 Å². The summed E-state index contributed by atoms with van der Waals surface area (Å²) >= 11 is 0. The quantitative estimate of drug-likeness (QED) is 0.359. The van der Waals surface area contributed by atoms with Crippen molar-refractivity contribution in [1.29, 1.82) is 0 Å². The molecule has 0 fully saturated rings. The number of hydrogen-bond acceptors (Lipinski definition) is 2. The minimum Gasteiger partial charge on any atom is -0.494 e. The second-order valence-electron chi connectivity index (χ2n) is 5.06. The summed E-state index contributed by atoms with van der Waals surface area (Å²) in [5, 5.41) is -0.320. The Morgan fingerprint density at radius 3 is 1.79 bits per heavy atom. The lowest BCUT2D eigenvalue weighted by molar-refractivity contribution is 0.374. The van der Waals surface area contributed by atoms with Crippen molar-refractivity contribution in [2.45, 2.75) is 6.92 Å². The third kappa shape index (κ3) is 2.35. The van der Waals surface area contributed by atoms with Gasteiger partial charge in [-0.3, -0.25) is 0 Å². The molecule has 0 radical (unpaired) electrons. The zero-order valence-electron chi connectivity index (χ0n) is 12.8. The number of allylic oxidation sites excluding steroid dienone is 1. The zero-order valence-corrected chi connectivity index (χ0v) is 12.8. The van der Waals surface area contributed by atoms with Crippen molar-refractivity contribution in [3.63, 3.8) is 0 Å². The Hall–Kier alpha value is -2.76. The highest BCUT2D eigenvalue weighted by Crippen LogP contribution is 2.37. The van der Waals surface area contributed by atoms with Gasteiger partial charge in [0.05, 0.1) is 13.4 Å². The summed E-state index contributed by atoms with van der Waals surface area (Å²) in [7, 11) is 1.19. The Morgan fingerprint density at radius 2 is 1.29 bits per heavy atom. The summed E-state index contributed by atoms with van der Waals surface area (Å²) in [4.78, 5) is 0. The molecule has 24 heavy (non-hydrogen) atoms. The standard InChI is InChI=1S/C18H12F4O2/c1-3-6-24-12-8-10-5-4-9-7-11(23-2)15(19)17(21)13(9)14(10)18(22)16(12)20/h3-8H,1-2H3/b6-3+. The summed E-state index contributed by atoms with van der Waals surface area (Å²) in [5.74, 6) is -5.79. The van der Waals surface area contributed by atoms with Gasteiger partial charge in [-0.15, -0.1) is 0 Å². The molecule has 0 saturated carbocycles. The van der Waals surface area contributed by atoms with E-state index in [-0.39, 0.29) is 33.0 Å². The van der Waals surface area contributed by atoms with Gasteiger partial charge in [0.25, 0.3) is 0 Å². The van der Waals surface area contributed by atoms with Crippen LogP contribution >= 0.6 is 0 Å². The van der Waals surface area contributed by atoms with E-state index >= 15 is 0 Å². The molecule has 0 aliphatic carbocycles. The molecule has 0 amide bonds. The molecule has 0 bridgehead atoms. The van der Waals surface area contributed by atoms with E-state index in [0.29, 0.717) is 0 Å². The monoisotopic (exact) mass is 336 g/mol. The molecule has 0 N–H and O–H groups in total. The van der Waals surface area contributed by atoms with Gasteiger partial charge in [-0.25, -0.2) is 8.78 Å². The molecule has 0 spiro atoms. The lowest BCUT2D eigenvalue weighted by Crippen LogP contribution is -1.98. The zero-order chi connectivity index (χ0) is 17.4. The molecule has 0 aromatic heterocycles. The summed E-state index contributed by atoms with van der Waals surface area (Å²) in [6.07, 6.45) is 2.69. The minimum atomic E-state index is -1.30. The van der Waals surface area contributed by atoms with Crippen LogP contribution in [0.4, 0.5) is 17.6 Å². The van der Waals surface area contributed by atoms with Crippen LogP contribution in [0.1, 0.15) is 6.92 Å². The van der Waals surface area contributed by atoms with E-state index in [1.807, 2.05) is 0 Å². The van der Waals surface area contributed by atoms with E-state index in [1.165, 1.54) is 43.7 Å². The van der Waals surface area contributed by atoms with Crippen LogP contribution in [0.15, 0.2) is 36.6 Å². The first-order valence-corrected chi connectivity index (χ1v) is 7.03. The predicted molar refractivity (Wildman–Crippen MR) is 83.3 cm³/mol. The molecule has 124 valence electrons. The highest BCUT2D eigenvalue weighted by molar-refractivity contribution is 6.09. The fraction of sp³-hybridized carbons (Fsp3) is 0.111. The molecule has 0 saturated heterocycles. The first kappa shape index (κ1) is 16.1. The third-order valence-corrected chi connectivity index (χ3v) is 3.65. The molecular weight excluding hydrogens is 324 g/mol. The van der Waals surface area contributed by atoms with E-state index in [4.69, 9.17) is 9.47 Å². The normalized spacial score (nSPS) is 11.6. The first-order chi connectivity index (χ1) is 11.5. The first-order valence-electron chi connectivity index (χ1n) is 7.03. The van der Waals surface area contributed by atoms with Gasteiger partial charge in [-0.2, -0.15) is 8.78 Å². The van der Waals surface area contributed by atoms with Crippen LogP contribution in [0.2, 0.25) is 0 Å². The number of rotatable bonds is 3. The number of halogens is 4. The van der Waals surface area contributed by atoms with Crippen molar-refractivity contribution >= 4 is 21.5 Å². The van der Waals surface area contributed by atoms with Gasteiger partial charge in [0.1, 0.15) is 0 Å². The van der Waals surface area contributed by atoms with Crippen molar-refractivity contribution in [2.24, 2.45) is 0 Å². The number of hydrogen-bond donors (Lipinski definition) is 0. The van der Waals surface area contributed by atoms with Crippen molar-refractivity contribution in [3.8, 4) is 11.5 Å². The van der Waals surface area contributed by atoms with Crippen LogP contribution in [0.3, 0.4) is 0 Å². The molecular formula is C18H12F4O2. The molecule has 2 nitrogen and oxygen atoms in total. The highest BCUT2D eigenvalue weighted by Gasteiger charge is 2.21. The maximum atomic E-state index is 14.5. The Balaban J connectivity index is 2.43. The Kier molecular flexibility index (Phi) is 4.05. The average molecular weight is 336 g/mol. The highest BCUT2D eigenvalue weighted by atomic mass is 19.2. The minimum absolute atomic E-state index is 0.185. The number of fused-ring (bicyclic) bond motifs is 3. The van der Waals surface area contributed by atoms with Crippen LogP contribution in [-0.2, 0) is 0 Å². The molecule has 3 rings (SSSR count). The SMILES string of the molecule is C/C=C/Oc1cc2ccc3cc(OC)c(F)c(F)c3c2c(F)c1F. The van der Waals surface area contributed by atoms with Gasteiger partial charge in [-0.1, -0.05) is 18.2 Å². The Bertz CT molecular complexity index is 980. The van der Waals surface area contributed by atoms with Crippen molar-refractivity contribution in [1.82, 2.24) is 0 Å². The van der Waals surface area contributed by atoms with Gasteiger partial charge in [0.15, 0.2) is 23.1 Å². The molecule has 0 aliphatic rings. The van der Waals surface area contributed by atoms with Crippen molar-refractivity contribution < 1.29 is 27.0 Å². The summed E-state index contributed by atoms with van der Waals surface area (Å²) in [6.45, 7) is 1.65. The van der Waals surface area contributed by atoms with Crippen LogP contribution in [0.5, 0.6) is 11.5 Å². The van der Waals surface area contributed by atoms with Gasteiger partial charge < -0.3 is 9.47 Å². The fourth-order valence-electron chi connectivity index (χ4n) is 2.57. The number of benzene rings is 3.